The number of nitro benzene ring substituents is 1. The molecule has 1 atom stereocenters. The first kappa shape index (κ1) is 23.9. The lowest BCUT2D eigenvalue weighted by molar-refractivity contribution is -0.384. The first-order valence-electron chi connectivity index (χ1n) is 11.1. The summed E-state index contributed by atoms with van der Waals surface area (Å²) in [6.45, 7) is 8.77. The van der Waals surface area contributed by atoms with Crippen molar-refractivity contribution in [2.24, 2.45) is 5.92 Å². The molecule has 0 bridgehead atoms. The van der Waals surface area contributed by atoms with E-state index in [-0.39, 0.29) is 16.6 Å². The van der Waals surface area contributed by atoms with E-state index in [4.69, 9.17) is 4.74 Å². The molecule has 2 aliphatic rings. The molecule has 10 heteroatoms. The van der Waals surface area contributed by atoms with E-state index in [1.807, 2.05) is 0 Å². The zero-order valence-corrected chi connectivity index (χ0v) is 19.3. The molecule has 31 heavy (non-hydrogen) atoms. The fourth-order valence-corrected chi connectivity index (χ4v) is 5.85. The molecule has 2 saturated heterocycles. The van der Waals surface area contributed by atoms with E-state index in [9.17, 15) is 18.5 Å². The third-order valence-corrected chi connectivity index (χ3v) is 8.05. The van der Waals surface area contributed by atoms with Crippen LogP contribution in [0.2, 0.25) is 0 Å². The first-order chi connectivity index (χ1) is 14.8. The predicted molar refractivity (Wildman–Crippen MR) is 120 cm³/mol. The average Bonchev–Trinajstić information content (AvgIpc) is 3.04. The van der Waals surface area contributed by atoms with E-state index in [0.717, 1.165) is 38.8 Å². The maximum atomic E-state index is 13.1. The normalized spacial score (nSPS) is 20.4. The summed E-state index contributed by atoms with van der Waals surface area (Å²) in [5.41, 5.74) is 0.138. The van der Waals surface area contributed by atoms with Gasteiger partial charge >= 0.3 is 0 Å². The van der Waals surface area contributed by atoms with Crippen molar-refractivity contribution in [2.75, 3.05) is 51.3 Å². The molecule has 0 saturated carbocycles. The quantitative estimate of drug-likeness (QED) is 0.476. The van der Waals surface area contributed by atoms with Gasteiger partial charge in [-0.3, -0.25) is 15.0 Å². The molecule has 0 aliphatic carbocycles. The minimum Gasteiger partial charge on any atom is -0.379 e. The number of anilines is 1. The molecule has 1 aromatic rings. The highest BCUT2D eigenvalue weighted by molar-refractivity contribution is 7.89. The number of hydrogen-bond donors (Lipinski definition) is 1. The number of morpholine rings is 1. The van der Waals surface area contributed by atoms with Gasteiger partial charge in [0, 0.05) is 44.8 Å². The number of nitrogens with zero attached hydrogens (tertiary/aromatic N) is 3. The summed E-state index contributed by atoms with van der Waals surface area (Å²) < 4.78 is 33.0. The summed E-state index contributed by atoms with van der Waals surface area (Å²) in [5.74, 6) is 0.354. The van der Waals surface area contributed by atoms with Crippen LogP contribution in [-0.4, -0.2) is 74.5 Å². The van der Waals surface area contributed by atoms with E-state index in [0.29, 0.717) is 44.5 Å². The van der Waals surface area contributed by atoms with Gasteiger partial charge in [0.25, 0.3) is 5.69 Å². The van der Waals surface area contributed by atoms with Gasteiger partial charge in [-0.2, -0.15) is 4.31 Å². The lowest BCUT2D eigenvalue weighted by Gasteiger charge is -2.37. The third kappa shape index (κ3) is 5.94. The van der Waals surface area contributed by atoms with E-state index >= 15 is 0 Å². The zero-order valence-electron chi connectivity index (χ0n) is 18.5. The number of ether oxygens (including phenoxy) is 1. The molecular formula is C21H34N4O5S. The lowest BCUT2D eigenvalue weighted by Crippen LogP contribution is -2.49. The van der Waals surface area contributed by atoms with Gasteiger partial charge in [0.1, 0.15) is 5.69 Å². The summed E-state index contributed by atoms with van der Waals surface area (Å²) in [4.78, 5) is 13.6. The van der Waals surface area contributed by atoms with Gasteiger partial charge in [-0.05, 0) is 30.9 Å². The Hall–Kier alpha value is -1.75. The topological polar surface area (TPSA) is 105 Å². The van der Waals surface area contributed by atoms with E-state index < -0.39 is 14.9 Å². The van der Waals surface area contributed by atoms with Crippen molar-refractivity contribution in [1.29, 1.82) is 0 Å². The van der Waals surface area contributed by atoms with Crippen LogP contribution in [-0.2, 0) is 14.8 Å². The number of nitro groups is 1. The Labute approximate surface area is 184 Å². The number of hydrogen-bond acceptors (Lipinski definition) is 7. The summed E-state index contributed by atoms with van der Waals surface area (Å²) in [5, 5.41) is 15.0. The van der Waals surface area contributed by atoms with Crippen LogP contribution in [0.25, 0.3) is 0 Å². The van der Waals surface area contributed by atoms with Crippen molar-refractivity contribution in [3.05, 3.63) is 28.3 Å². The smallest absolute Gasteiger partial charge is 0.293 e. The molecule has 0 aromatic heterocycles. The van der Waals surface area contributed by atoms with Crippen LogP contribution in [0.1, 0.15) is 39.5 Å². The minimum absolute atomic E-state index is 0.0137. The van der Waals surface area contributed by atoms with Crippen molar-refractivity contribution in [3.8, 4) is 0 Å². The molecule has 0 amide bonds. The second-order valence-electron chi connectivity index (χ2n) is 8.59. The first-order valence-corrected chi connectivity index (χ1v) is 12.6. The molecule has 0 radical (unpaired) electrons. The van der Waals surface area contributed by atoms with Gasteiger partial charge in [-0.1, -0.05) is 26.7 Å². The number of rotatable bonds is 8. The summed E-state index contributed by atoms with van der Waals surface area (Å²) in [7, 11) is -3.74. The highest BCUT2D eigenvalue weighted by Crippen LogP contribution is 2.30. The monoisotopic (exact) mass is 454 g/mol. The largest absolute Gasteiger partial charge is 0.379 e. The van der Waals surface area contributed by atoms with Crippen LogP contribution < -0.4 is 5.32 Å². The van der Waals surface area contributed by atoms with E-state index in [1.54, 1.807) is 0 Å². The van der Waals surface area contributed by atoms with E-state index in [2.05, 4.69) is 24.1 Å². The van der Waals surface area contributed by atoms with Crippen LogP contribution in [0.4, 0.5) is 11.4 Å². The molecule has 1 unspecified atom stereocenters. The zero-order chi connectivity index (χ0) is 22.4. The van der Waals surface area contributed by atoms with Crippen molar-refractivity contribution in [3.63, 3.8) is 0 Å². The Bertz CT molecular complexity index is 847. The van der Waals surface area contributed by atoms with Crippen LogP contribution in [0.5, 0.6) is 0 Å². The summed E-state index contributed by atoms with van der Waals surface area (Å²) in [6, 6.07) is 4.40. The summed E-state index contributed by atoms with van der Waals surface area (Å²) >= 11 is 0. The van der Waals surface area contributed by atoms with Crippen LogP contribution in [0.15, 0.2) is 23.1 Å². The van der Waals surface area contributed by atoms with Crippen LogP contribution in [0.3, 0.4) is 0 Å². The molecule has 1 N–H and O–H groups in total. The van der Waals surface area contributed by atoms with Crippen LogP contribution in [0, 0.1) is 16.0 Å². The van der Waals surface area contributed by atoms with Crippen molar-refractivity contribution in [1.82, 2.24) is 9.21 Å². The van der Waals surface area contributed by atoms with Gasteiger partial charge < -0.3 is 10.1 Å². The molecule has 174 valence electrons. The van der Waals surface area contributed by atoms with Crippen molar-refractivity contribution in [2.45, 2.75) is 50.5 Å². The Kier molecular flexibility index (Phi) is 8.26. The second kappa shape index (κ2) is 10.7. The highest BCUT2D eigenvalue weighted by Gasteiger charge is 2.29. The maximum Gasteiger partial charge on any atom is 0.293 e. The van der Waals surface area contributed by atoms with Gasteiger partial charge in [0.05, 0.1) is 23.0 Å². The fourth-order valence-electron chi connectivity index (χ4n) is 4.31. The lowest BCUT2D eigenvalue weighted by atomic mass is 10.0. The average molecular weight is 455 g/mol. The maximum absolute atomic E-state index is 13.1. The van der Waals surface area contributed by atoms with Gasteiger partial charge in [-0.25, -0.2) is 8.42 Å². The molecule has 3 rings (SSSR count). The molecule has 0 spiro atoms. The number of sulfonamides is 1. The standard InChI is InChI=1S/C21H34N4O5S/c1-17(2)21(23-11-13-30-14-12-23)16-22-19-8-7-18(15-20(19)25(26)27)31(28,29)24-9-5-3-4-6-10-24/h7-8,15,17,21-22H,3-6,9-14,16H2,1-2H3. The third-order valence-electron chi connectivity index (χ3n) is 6.15. The second-order valence-corrected chi connectivity index (χ2v) is 10.5. The van der Waals surface area contributed by atoms with Crippen molar-refractivity contribution >= 4 is 21.4 Å². The number of benzene rings is 1. The number of nitrogens with one attached hydrogen (secondary N) is 1. The SMILES string of the molecule is CC(C)C(CNc1ccc(S(=O)(=O)N2CCCCCC2)cc1[N+](=O)[O-])N1CCOCC1. The van der Waals surface area contributed by atoms with Crippen molar-refractivity contribution < 1.29 is 18.1 Å². The predicted octanol–water partition coefficient (Wildman–Crippen LogP) is 2.93. The fraction of sp³-hybridized carbons (Fsp3) is 0.714. The van der Waals surface area contributed by atoms with Gasteiger partial charge in [-0.15, -0.1) is 0 Å². The molecule has 1 aromatic carbocycles. The Balaban J connectivity index is 1.79. The van der Waals surface area contributed by atoms with E-state index in [1.165, 1.54) is 22.5 Å². The van der Waals surface area contributed by atoms with Crippen LogP contribution >= 0.6 is 0 Å². The van der Waals surface area contributed by atoms with Gasteiger partial charge in [0.15, 0.2) is 0 Å². The summed E-state index contributed by atoms with van der Waals surface area (Å²) in [6.07, 6.45) is 3.66. The highest BCUT2D eigenvalue weighted by atomic mass is 32.2. The molecule has 9 nitrogen and oxygen atoms in total. The van der Waals surface area contributed by atoms with Gasteiger partial charge in [0.2, 0.25) is 10.0 Å². The molecule has 2 fully saturated rings. The Morgan fingerprint density at radius 3 is 2.32 bits per heavy atom. The minimum atomic E-state index is -3.74. The Morgan fingerprint density at radius 2 is 1.74 bits per heavy atom. The molecular weight excluding hydrogens is 420 g/mol. The Morgan fingerprint density at radius 1 is 1.10 bits per heavy atom. The molecule has 2 heterocycles. The molecule has 2 aliphatic heterocycles.